The quantitative estimate of drug-likeness (QED) is 0.863. The highest BCUT2D eigenvalue weighted by molar-refractivity contribution is 5.92. The van der Waals surface area contributed by atoms with Crippen molar-refractivity contribution in [3.05, 3.63) is 23.3 Å². The van der Waals surface area contributed by atoms with Gasteiger partial charge in [0, 0.05) is 12.0 Å². The predicted octanol–water partition coefficient (Wildman–Crippen LogP) is 2.17. The minimum atomic E-state index is -1.02. The van der Waals surface area contributed by atoms with Crippen LogP contribution in [0, 0.1) is 0 Å². The van der Waals surface area contributed by atoms with Crippen LogP contribution in [-0.2, 0) is 5.41 Å². The molecule has 0 atom stereocenters. The highest BCUT2D eigenvalue weighted by atomic mass is 16.5. The Hall–Kier alpha value is -1.75. The summed E-state index contributed by atoms with van der Waals surface area (Å²) in [5.41, 5.74) is 6.90. The van der Waals surface area contributed by atoms with Gasteiger partial charge in [-0.1, -0.05) is 12.8 Å². The molecule has 0 spiro atoms. The van der Waals surface area contributed by atoms with Gasteiger partial charge in [-0.05, 0) is 30.5 Å². The zero-order chi connectivity index (χ0) is 14.8. The van der Waals surface area contributed by atoms with E-state index in [9.17, 15) is 9.90 Å². The molecule has 3 N–H and O–H groups in total. The number of ether oxygens (including phenoxy) is 2. The van der Waals surface area contributed by atoms with Crippen LogP contribution in [0.4, 0.5) is 0 Å². The molecule has 0 heterocycles. The maximum atomic E-state index is 11.4. The van der Waals surface area contributed by atoms with Gasteiger partial charge in [0.1, 0.15) is 5.56 Å². The molecule has 1 aromatic rings. The van der Waals surface area contributed by atoms with Crippen LogP contribution in [0.5, 0.6) is 11.5 Å². The van der Waals surface area contributed by atoms with Gasteiger partial charge >= 0.3 is 5.97 Å². The number of benzene rings is 1. The molecule has 1 aromatic carbocycles. The average Bonchev–Trinajstić information content (AvgIpc) is 2.95. The summed E-state index contributed by atoms with van der Waals surface area (Å²) in [6.07, 6.45) is 4.21. The normalized spacial score (nSPS) is 16.9. The largest absolute Gasteiger partial charge is 0.493 e. The van der Waals surface area contributed by atoms with Crippen molar-refractivity contribution < 1.29 is 19.4 Å². The number of hydrogen-bond donors (Lipinski definition) is 2. The third kappa shape index (κ3) is 2.33. The van der Waals surface area contributed by atoms with E-state index in [2.05, 4.69) is 0 Å². The van der Waals surface area contributed by atoms with E-state index in [1.807, 2.05) is 6.07 Å². The molecule has 0 aromatic heterocycles. The van der Waals surface area contributed by atoms with E-state index in [1.165, 1.54) is 14.2 Å². The van der Waals surface area contributed by atoms with Crippen molar-refractivity contribution in [1.82, 2.24) is 0 Å². The molecule has 110 valence electrons. The lowest BCUT2D eigenvalue weighted by atomic mass is 9.78. The molecule has 1 saturated carbocycles. The zero-order valence-corrected chi connectivity index (χ0v) is 11.9. The third-order valence-electron chi connectivity index (χ3n) is 4.27. The summed E-state index contributed by atoms with van der Waals surface area (Å²) in [4.78, 5) is 11.4. The monoisotopic (exact) mass is 279 g/mol. The van der Waals surface area contributed by atoms with E-state index in [1.54, 1.807) is 6.07 Å². The predicted molar refractivity (Wildman–Crippen MR) is 75.7 cm³/mol. The average molecular weight is 279 g/mol. The zero-order valence-electron chi connectivity index (χ0n) is 11.9. The van der Waals surface area contributed by atoms with Crippen LogP contribution in [0.2, 0.25) is 0 Å². The standard InChI is InChI=1S/C15H21NO4/c1-19-12-8-10(15(9-16)5-3-4-6-15)7-11(14(17)18)13(12)20-2/h7-8H,3-6,9,16H2,1-2H3,(H,17,18). The van der Waals surface area contributed by atoms with E-state index < -0.39 is 5.97 Å². The van der Waals surface area contributed by atoms with Crippen LogP contribution in [0.25, 0.3) is 0 Å². The summed E-state index contributed by atoms with van der Waals surface area (Å²) in [6, 6.07) is 3.55. The summed E-state index contributed by atoms with van der Waals surface area (Å²) < 4.78 is 10.5. The lowest BCUT2D eigenvalue weighted by Gasteiger charge is -2.29. The number of methoxy groups -OCH3 is 2. The Balaban J connectivity index is 2.60. The van der Waals surface area contributed by atoms with Crippen molar-refractivity contribution in [2.45, 2.75) is 31.1 Å². The molecule has 1 aliphatic carbocycles. The fourth-order valence-electron chi connectivity index (χ4n) is 3.09. The summed E-state index contributed by atoms with van der Waals surface area (Å²) in [7, 11) is 2.95. The highest BCUT2D eigenvalue weighted by Gasteiger charge is 2.36. The number of nitrogens with two attached hydrogens (primary N) is 1. The van der Waals surface area contributed by atoms with Crippen LogP contribution >= 0.6 is 0 Å². The van der Waals surface area contributed by atoms with Gasteiger partial charge in [0.25, 0.3) is 0 Å². The van der Waals surface area contributed by atoms with Crippen LogP contribution < -0.4 is 15.2 Å². The number of aromatic carboxylic acids is 1. The van der Waals surface area contributed by atoms with E-state index in [0.29, 0.717) is 12.3 Å². The smallest absolute Gasteiger partial charge is 0.339 e. The Morgan fingerprint density at radius 2 is 1.95 bits per heavy atom. The molecule has 5 nitrogen and oxygen atoms in total. The van der Waals surface area contributed by atoms with Crippen molar-refractivity contribution in [3.63, 3.8) is 0 Å². The van der Waals surface area contributed by atoms with Crippen molar-refractivity contribution in [2.24, 2.45) is 5.73 Å². The Bertz CT molecular complexity index is 507. The first-order chi connectivity index (χ1) is 9.57. The fraction of sp³-hybridized carbons (Fsp3) is 0.533. The molecule has 0 bridgehead atoms. The van der Waals surface area contributed by atoms with Crippen molar-refractivity contribution in [1.29, 1.82) is 0 Å². The van der Waals surface area contributed by atoms with Crippen molar-refractivity contribution in [2.75, 3.05) is 20.8 Å². The Morgan fingerprint density at radius 1 is 1.30 bits per heavy atom. The molecule has 1 aliphatic rings. The van der Waals surface area contributed by atoms with Gasteiger partial charge in [-0.3, -0.25) is 0 Å². The molecule has 5 heteroatoms. The first-order valence-electron chi connectivity index (χ1n) is 6.78. The number of carboxylic acids is 1. The molecule has 0 unspecified atom stereocenters. The van der Waals surface area contributed by atoms with E-state index >= 15 is 0 Å². The van der Waals surface area contributed by atoms with Crippen LogP contribution in [0.3, 0.4) is 0 Å². The number of carbonyl (C=O) groups is 1. The van der Waals surface area contributed by atoms with Gasteiger partial charge in [0.05, 0.1) is 14.2 Å². The van der Waals surface area contributed by atoms with Crippen molar-refractivity contribution in [3.8, 4) is 11.5 Å². The second kappa shape index (κ2) is 5.71. The van der Waals surface area contributed by atoms with Gasteiger partial charge in [0.2, 0.25) is 0 Å². The molecule has 1 fully saturated rings. The maximum absolute atomic E-state index is 11.4. The first-order valence-corrected chi connectivity index (χ1v) is 6.78. The number of rotatable bonds is 5. The molecule has 20 heavy (non-hydrogen) atoms. The molecule has 0 aliphatic heterocycles. The highest BCUT2D eigenvalue weighted by Crippen LogP contribution is 2.44. The number of carboxylic acid groups (broad SMARTS) is 1. The Kier molecular flexibility index (Phi) is 4.18. The SMILES string of the molecule is COc1cc(C2(CN)CCCC2)cc(C(=O)O)c1OC. The molecule has 0 amide bonds. The third-order valence-corrected chi connectivity index (χ3v) is 4.27. The Morgan fingerprint density at radius 3 is 2.40 bits per heavy atom. The summed E-state index contributed by atoms with van der Waals surface area (Å²) in [5.74, 6) is -0.316. The molecule has 0 saturated heterocycles. The lowest BCUT2D eigenvalue weighted by molar-refractivity contribution is 0.0692. The van der Waals surface area contributed by atoms with Crippen LogP contribution in [0.1, 0.15) is 41.6 Å². The van der Waals surface area contributed by atoms with Crippen LogP contribution in [0.15, 0.2) is 12.1 Å². The summed E-state index contributed by atoms with van der Waals surface area (Å²) >= 11 is 0. The van der Waals surface area contributed by atoms with Crippen LogP contribution in [-0.4, -0.2) is 31.8 Å². The van der Waals surface area contributed by atoms with Gasteiger partial charge in [-0.15, -0.1) is 0 Å². The maximum Gasteiger partial charge on any atom is 0.339 e. The lowest BCUT2D eigenvalue weighted by Crippen LogP contribution is -2.32. The second-order valence-corrected chi connectivity index (χ2v) is 5.26. The molecular weight excluding hydrogens is 258 g/mol. The summed E-state index contributed by atoms with van der Waals surface area (Å²) in [5, 5.41) is 9.37. The van der Waals surface area contributed by atoms with Gasteiger partial charge in [-0.2, -0.15) is 0 Å². The van der Waals surface area contributed by atoms with Gasteiger partial charge in [-0.25, -0.2) is 4.79 Å². The molecule has 2 rings (SSSR count). The van der Waals surface area contributed by atoms with E-state index in [-0.39, 0.29) is 16.7 Å². The Labute approximate surface area is 118 Å². The second-order valence-electron chi connectivity index (χ2n) is 5.26. The molecule has 0 radical (unpaired) electrons. The minimum absolute atomic E-state index is 0.126. The number of hydrogen-bond acceptors (Lipinski definition) is 4. The first kappa shape index (κ1) is 14.7. The van der Waals surface area contributed by atoms with E-state index in [4.69, 9.17) is 15.2 Å². The molecular formula is C15H21NO4. The topological polar surface area (TPSA) is 81.8 Å². The van der Waals surface area contributed by atoms with Gasteiger partial charge in [0.15, 0.2) is 11.5 Å². The fourth-order valence-corrected chi connectivity index (χ4v) is 3.09. The summed E-state index contributed by atoms with van der Waals surface area (Å²) in [6.45, 7) is 0.515. The van der Waals surface area contributed by atoms with Crippen molar-refractivity contribution >= 4 is 5.97 Å². The van der Waals surface area contributed by atoms with Gasteiger partial charge < -0.3 is 20.3 Å². The minimum Gasteiger partial charge on any atom is -0.493 e. The van der Waals surface area contributed by atoms with E-state index in [0.717, 1.165) is 31.2 Å².